The minimum atomic E-state index is -0.472. The van der Waals surface area contributed by atoms with Crippen LogP contribution in [0.5, 0.6) is 0 Å². The molecular weight excluding hydrogens is 282 g/mol. The lowest BCUT2D eigenvalue weighted by Crippen LogP contribution is -2.36. The topological polar surface area (TPSA) is 75.5 Å². The second kappa shape index (κ2) is 7.81. The van der Waals surface area contributed by atoms with Gasteiger partial charge in [-0.15, -0.1) is 12.4 Å². The average Bonchev–Trinajstić information content (AvgIpc) is 2.40. The molecule has 1 heterocycles. The number of nitrogens with one attached hydrogen (secondary N) is 1. The van der Waals surface area contributed by atoms with Gasteiger partial charge >= 0.3 is 0 Å². The summed E-state index contributed by atoms with van der Waals surface area (Å²) < 4.78 is 0. The molecule has 2 rings (SSSR count). The van der Waals surface area contributed by atoms with Gasteiger partial charge in [0, 0.05) is 17.8 Å². The Bertz CT molecular complexity index is 476. The van der Waals surface area contributed by atoms with Crippen molar-refractivity contribution in [3.05, 3.63) is 34.4 Å². The lowest BCUT2D eigenvalue weighted by atomic mass is 10.1. The van der Waals surface area contributed by atoms with Gasteiger partial charge in [0.15, 0.2) is 0 Å². The molecule has 110 valence electrons. The first-order chi connectivity index (χ1) is 9.15. The Morgan fingerprint density at radius 2 is 2.00 bits per heavy atom. The standard InChI is InChI=1S/C13H17N3O3.ClH/c17-13(10-15-7-2-1-3-8-15)14-11-5-4-6-12(9-11)16(18)19;/h4-6,9H,1-3,7-8,10H2,(H,14,17);1H. The van der Waals surface area contributed by atoms with Crippen LogP contribution in [0.2, 0.25) is 0 Å². The zero-order valence-electron chi connectivity index (χ0n) is 11.1. The number of nitro groups is 1. The zero-order valence-corrected chi connectivity index (χ0v) is 11.9. The van der Waals surface area contributed by atoms with Crippen LogP contribution >= 0.6 is 12.4 Å². The fourth-order valence-corrected chi connectivity index (χ4v) is 2.22. The largest absolute Gasteiger partial charge is 0.325 e. The number of amides is 1. The highest BCUT2D eigenvalue weighted by Crippen LogP contribution is 2.17. The molecule has 0 bridgehead atoms. The number of halogens is 1. The molecule has 1 fully saturated rings. The Balaban J connectivity index is 0.00000200. The molecule has 1 aliphatic heterocycles. The summed E-state index contributed by atoms with van der Waals surface area (Å²) in [5.41, 5.74) is 0.451. The van der Waals surface area contributed by atoms with E-state index in [1.165, 1.54) is 18.6 Å². The number of carbonyl (C=O) groups excluding carboxylic acids is 1. The summed E-state index contributed by atoms with van der Waals surface area (Å²) in [7, 11) is 0. The first kappa shape index (κ1) is 16.4. The number of piperidine rings is 1. The third-order valence-corrected chi connectivity index (χ3v) is 3.16. The third-order valence-electron chi connectivity index (χ3n) is 3.16. The number of benzene rings is 1. The number of rotatable bonds is 4. The van der Waals surface area contributed by atoms with Crippen molar-refractivity contribution in [3.63, 3.8) is 0 Å². The molecule has 1 aromatic rings. The van der Waals surface area contributed by atoms with E-state index in [0.717, 1.165) is 25.9 Å². The van der Waals surface area contributed by atoms with E-state index >= 15 is 0 Å². The van der Waals surface area contributed by atoms with Crippen LogP contribution in [0.1, 0.15) is 19.3 Å². The molecule has 6 nitrogen and oxygen atoms in total. The molecule has 1 N–H and O–H groups in total. The molecule has 0 atom stereocenters. The van der Waals surface area contributed by atoms with Crippen LogP contribution in [0.15, 0.2) is 24.3 Å². The minimum Gasteiger partial charge on any atom is -0.325 e. The number of hydrogen-bond donors (Lipinski definition) is 1. The van der Waals surface area contributed by atoms with Gasteiger partial charge in [0.2, 0.25) is 5.91 Å². The average molecular weight is 300 g/mol. The van der Waals surface area contributed by atoms with E-state index in [-0.39, 0.29) is 24.0 Å². The molecular formula is C13H18ClN3O3. The second-order valence-electron chi connectivity index (χ2n) is 4.69. The summed E-state index contributed by atoms with van der Waals surface area (Å²) in [4.78, 5) is 24.1. The Labute approximate surface area is 123 Å². The van der Waals surface area contributed by atoms with Crippen LogP contribution in [0.3, 0.4) is 0 Å². The Morgan fingerprint density at radius 3 is 2.65 bits per heavy atom. The highest BCUT2D eigenvalue weighted by molar-refractivity contribution is 5.92. The number of nitro benzene ring substituents is 1. The maximum absolute atomic E-state index is 11.8. The molecule has 1 saturated heterocycles. The van der Waals surface area contributed by atoms with Gasteiger partial charge in [-0.05, 0) is 32.0 Å². The summed E-state index contributed by atoms with van der Waals surface area (Å²) in [6.07, 6.45) is 3.48. The van der Waals surface area contributed by atoms with Crippen LogP contribution in [0, 0.1) is 10.1 Å². The van der Waals surface area contributed by atoms with Crippen LogP contribution in [0.4, 0.5) is 11.4 Å². The fraction of sp³-hybridized carbons (Fsp3) is 0.462. The number of likely N-dealkylation sites (tertiary alicyclic amines) is 1. The second-order valence-corrected chi connectivity index (χ2v) is 4.69. The number of non-ortho nitro benzene ring substituents is 1. The molecule has 0 unspecified atom stereocenters. The monoisotopic (exact) mass is 299 g/mol. The van der Waals surface area contributed by atoms with Gasteiger partial charge in [0.05, 0.1) is 11.5 Å². The van der Waals surface area contributed by atoms with E-state index in [1.54, 1.807) is 12.1 Å². The van der Waals surface area contributed by atoms with E-state index in [4.69, 9.17) is 0 Å². The van der Waals surface area contributed by atoms with Gasteiger partial charge < -0.3 is 5.32 Å². The zero-order chi connectivity index (χ0) is 13.7. The van der Waals surface area contributed by atoms with Crippen LogP contribution in [0.25, 0.3) is 0 Å². The van der Waals surface area contributed by atoms with E-state index in [2.05, 4.69) is 10.2 Å². The molecule has 1 aliphatic rings. The van der Waals surface area contributed by atoms with Crippen molar-refractivity contribution in [1.29, 1.82) is 0 Å². The molecule has 1 amide bonds. The predicted octanol–water partition coefficient (Wildman–Crippen LogP) is 2.44. The van der Waals surface area contributed by atoms with Crippen molar-refractivity contribution in [3.8, 4) is 0 Å². The van der Waals surface area contributed by atoms with Gasteiger partial charge in [-0.1, -0.05) is 12.5 Å². The van der Waals surface area contributed by atoms with Crippen molar-refractivity contribution < 1.29 is 9.72 Å². The Hall–Kier alpha value is -1.66. The van der Waals surface area contributed by atoms with Crippen LogP contribution in [-0.4, -0.2) is 35.4 Å². The number of hydrogen-bond acceptors (Lipinski definition) is 4. The van der Waals surface area contributed by atoms with Crippen molar-refractivity contribution >= 4 is 29.7 Å². The summed E-state index contributed by atoms with van der Waals surface area (Å²) in [6.45, 7) is 2.24. The molecule has 0 aliphatic carbocycles. The van der Waals surface area contributed by atoms with Gasteiger partial charge in [-0.25, -0.2) is 0 Å². The summed E-state index contributed by atoms with van der Waals surface area (Å²) in [5.74, 6) is -0.123. The maximum Gasteiger partial charge on any atom is 0.271 e. The van der Waals surface area contributed by atoms with E-state index in [9.17, 15) is 14.9 Å². The fourth-order valence-electron chi connectivity index (χ4n) is 2.22. The SMILES string of the molecule is Cl.O=C(CN1CCCCC1)Nc1cccc([N+](=O)[O-])c1. The van der Waals surface area contributed by atoms with Crippen molar-refractivity contribution in [2.75, 3.05) is 25.0 Å². The van der Waals surface area contributed by atoms with Crippen LogP contribution in [-0.2, 0) is 4.79 Å². The lowest BCUT2D eigenvalue weighted by molar-refractivity contribution is -0.384. The highest BCUT2D eigenvalue weighted by atomic mass is 35.5. The first-order valence-electron chi connectivity index (χ1n) is 6.42. The summed E-state index contributed by atoms with van der Waals surface area (Å²) in [6, 6.07) is 5.99. The van der Waals surface area contributed by atoms with E-state index < -0.39 is 4.92 Å². The molecule has 7 heteroatoms. The maximum atomic E-state index is 11.8. The summed E-state index contributed by atoms with van der Waals surface area (Å²) >= 11 is 0. The van der Waals surface area contributed by atoms with Crippen molar-refractivity contribution in [2.45, 2.75) is 19.3 Å². The van der Waals surface area contributed by atoms with Crippen LogP contribution < -0.4 is 5.32 Å². The normalized spacial score (nSPS) is 15.2. The number of anilines is 1. The Kier molecular flexibility index (Phi) is 6.41. The molecule has 0 radical (unpaired) electrons. The number of nitrogens with zero attached hydrogens (tertiary/aromatic N) is 2. The van der Waals surface area contributed by atoms with E-state index in [1.807, 2.05) is 0 Å². The van der Waals surface area contributed by atoms with Gasteiger partial charge in [-0.2, -0.15) is 0 Å². The summed E-state index contributed by atoms with van der Waals surface area (Å²) in [5, 5.41) is 13.3. The minimum absolute atomic E-state index is 0. The van der Waals surface area contributed by atoms with E-state index in [0.29, 0.717) is 12.2 Å². The number of carbonyl (C=O) groups is 1. The van der Waals surface area contributed by atoms with Gasteiger partial charge in [-0.3, -0.25) is 19.8 Å². The third kappa shape index (κ3) is 4.79. The van der Waals surface area contributed by atoms with Crippen molar-refractivity contribution in [1.82, 2.24) is 4.90 Å². The predicted molar refractivity (Wildman–Crippen MR) is 79.3 cm³/mol. The Morgan fingerprint density at radius 1 is 1.30 bits per heavy atom. The molecule has 1 aromatic carbocycles. The molecule has 0 spiro atoms. The van der Waals surface area contributed by atoms with Gasteiger partial charge in [0.1, 0.15) is 0 Å². The highest BCUT2D eigenvalue weighted by Gasteiger charge is 2.14. The molecule has 0 aromatic heterocycles. The van der Waals surface area contributed by atoms with Gasteiger partial charge in [0.25, 0.3) is 5.69 Å². The first-order valence-corrected chi connectivity index (χ1v) is 6.42. The lowest BCUT2D eigenvalue weighted by Gasteiger charge is -2.25. The quantitative estimate of drug-likeness (QED) is 0.684. The molecule has 0 saturated carbocycles. The molecule has 20 heavy (non-hydrogen) atoms. The van der Waals surface area contributed by atoms with Crippen molar-refractivity contribution in [2.24, 2.45) is 0 Å². The smallest absolute Gasteiger partial charge is 0.271 e.